The lowest BCUT2D eigenvalue weighted by Gasteiger charge is -2.11. The van der Waals surface area contributed by atoms with E-state index in [9.17, 15) is 56.4 Å². The number of aryl methyl sites for hydroxylation is 1. The van der Waals surface area contributed by atoms with Crippen LogP contribution in [0.15, 0.2) is 139 Å². The summed E-state index contributed by atoms with van der Waals surface area (Å²) < 4.78 is 81.9. The van der Waals surface area contributed by atoms with Crippen LogP contribution in [0.5, 0.6) is 0 Å². The third-order valence-electron chi connectivity index (χ3n) is 13.8. The third-order valence-corrected chi connectivity index (χ3v) is 17.8. The van der Waals surface area contributed by atoms with E-state index in [1.807, 2.05) is 13.8 Å². The number of carbonyl (C=O) groups is 10. The molecule has 0 aliphatic rings. The number of benzene rings is 1. The van der Waals surface area contributed by atoms with Crippen LogP contribution in [-0.2, 0) is 173 Å². The molecule has 0 spiro atoms. The van der Waals surface area contributed by atoms with E-state index < -0.39 is 40.0 Å². The first-order valence-corrected chi connectivity index (χ1v) is 50.5. The molecule has 0 aliphatic carbocycles. The van der Waals surface area contributed by atoms with Gasteiger partial charge in [0.1, 0.15) is 78.8 Å². The van der Waals surface area contributed by atoms with Crippen LogP contribution in [0.4, 0.5) is 0 Å². The van der Waals surface area contributed by atoms with Gasteiger partial charge in [-0.15, -0.1) is 81.2 Å². The van der Waals surface area contributed by atoms with Gasteiger partial charge in [0.25, 0.3) is 10.1 Å². The second-order valence-corrected chi connectivity index (χ2v) is 33.0. The van der Waals surface area contributed by atoms with Gasteiger partial charge in [0, 0.05) is 104 Å². The Morgan fingerprint density at radius 2 is 0.695 bits per heavy atom. The second kappa shape index (κ2) is 114. The molecule has 2 atom stereocenters. The van der Waals surface area contributed by atoms with Gasteiger partial charge in [0.15, 0.2) is 0 Å². The molecule has 141 heavy (non-hydrogen) atoms. The van der Waals surface area contributed by atoms with E-state index in [2.05, 4.69) is 110 Å². The van der Waals surface area contributed by atoms with E-state index in [-0.39, 0.29) is 139 Å². The largest absolute Gasteiger partial charge is 0.464 e. The fourth-order valence-electron chi connectivity index (χ4n) is 6.60. The van der Waals surface area contributed by atoms with Crippen molar-refractivity contribution in [2.24, 2.45) is 5.92 Å². The van der Waals surface area contributed by atoms with Gasteiger partial charge in [-0.1, -0.05) is 99.8 Å². The number of unbranched alkanes of at least 4 members (excludes halogenated alkanes) is 2. The van der Waals surface area contributed by atoms with Gasteiger partial charge in [-0.3, -0.25) is 24.4 Å². The van der Waals surface area contributed by atoms with Crippen molar-refractivity contribution in [2.75, 3.05) is 232 Å². The van der Waals surface area contributed by atoms with Gasteiger partial charge >= 0.3 is 53.7 Å². The van der Waals surface area contributed by atoms with Gasteiger partial charge < -0.3 is 57.4 Å². The van der Waals surface area contributed by atoms with Crippen LogP contribution in [0.3, 0.4) is 0 Å². The molecular formula is C93H153BrCl7N3O36S. The number of amides is 1. The Balaban J connectivity index is -0.000000237. The number of alkyl halides is 8. The maximum Gasteiger partial charge on any atom is 0.333 e. The Kier molecular flexibility index (Phi) is 121. The first-order valence-electron chi connectivity index (χ1n) is 44.3. The zero-order chi connectivity index (χ0) is 108. The van der Waals surface area contributed by atoms with E-state index in [1.54, 1.807) is 74.4 Å². The summed E-state index contributed by atoms with van der Waals surface area (Å²) in [6, 6.07) is 6.40. The number of ether oxygens (including phenoxy) is 11. The van der Waals surface area contributed by atoms with Crippen LogP contribution in [0.25, 0.3) is 0 Å². The molecule has 39 nitrogen and oxygen atoms in total. The van der Waals surface area contributed by atoms with Crippen molar-refractivity contribution in [3.05, 3.63) is 140 Å². The minimum absolute atomic E-state index is 0.0236. The van der Waals surface area contributed by atoms with Gasteiger partial charge in [-0.2, -0.15) is 8.42 Å². The first kappa shape index (κ1) is 150. The summed E-state index contributed by atoms with van der Waals surface area (Å²) in [5.74, 6) is -0.0391. The summed E-state index contributed by atoms with van der Waals surface area (Å²) in [7, 11) is -3.76. The molecule has 1 aromatic carbocycles. The summed E-state index contributed by atoms with van der Waals surface area (Å²) >= 11 is 41.1. The van der Waals surface area contributed by atoms with Crippen molar-refractivity contribution in [2.45, 2.75) is 151 Å². The minimum atomic E-state index is -3.76. The van der Waals surface area contributed by atoms with Crippen LogP contribution in [0, 0.1) is 12.8 Å². The van der Waals surface area contributed by atoms with Crippen molar-refractivity contribution in [3.8, 4) is 0 Å². The molecule has 818 valence electrons. The Bertz CT molecular complexity index is 3520. The molecule has 3 N–H and O–H groups in total. The average molecular weight is 2250 g/mol. The molecule has 0 saturated heterocycles. The first-order chi connectivity index (χ1) is 67.1. The van der Waals surface area contributed by atoms with Gasteiger partial charge in [-0.25, -0.2) is 97.0 Å². The Morgan fingerprint density at radius 1 is 0.355 bits per heavy atom. The number of hydrogen-bond acceptors (Lipinski definition) is 38. The van der Waals surface area contributed by atoms with Crippen molar-refractivity contribution in [3.63, 3.8) is 0 Å². The SMILES string of the molecule is C=C(C)C(=O)NCCC(=O)OCCCl.C=C(C)C(=O)OCC(C)OOCCCCl.C=C(C)C(=O)OCCCCNCOCCCl.C=C(C)C(=O)OCCCCOOCCCCl.C=C(C)C(=O)OCCNCOCCCl.C=C(C)C(=O)OCCOOCC(C)CBr.C=C(C)C(=O)OCCOOCCCCl.C=C(C)C(=O)OCCOOCCCOS(=O)(=O)c1ccc(C)cc1.C=CC(=O)OCCOOCCCCl. The zero-order valence-electron chi connectivity index (χ0n) is 83.6. The third kappa shape index (κ3) is 122. The summed E-state index contributed by atoms with van der Waals surface area (Å²) in [5, 5.41) is 9.40. The van der Waals surface area contributed by atoms with Crippen LogP contribution in [0.2, 0.25) is 0 Å². The molecule has 1 rings (SSSR count). The minimum Gasteiger partial charge on any atom is -0.464 e. The quantitative estimate of drug-likeness (QED) is 0.00627. The zero-order valence-corrected chi connectivity index (χ0v) is 91.3. The molecule has 1 aromatic rings. The standard InChI is InChI=1S/C16H22O7S.C11H20ClNO3.C11H19ClO4.C10H17BrO4.C10H17ClO4.C9H16ClNO3.C9H14ClNO3.C9H15ClO4.C8H13ClO4/c1-13(2)16(17)20-11-12-22-21-9-4-10-23-24(18,19)15-7-5-14(3)6-8-15;1-10(2)11(14)16-7-4-3-6-13-9-15-8-5-12;1-10(2)11(13)14-7-3-4-8-15-16-9-5-6-12;1-8(2)10(12)13-4-5-14-15-7-9(3)6-11;1-8(2)10(12)13-7-9(3)15-14-6-4-5-11;1-8(2)9(12)14-6-4-11-7-13-5-3-10;1-7(2)9(13)11-5-3-8(12)14-6-4-10;1-8(2)9(11)12-6-7-14-13-5-3-4-10;1-2-8(10)11-6-7-13-12-5-3-4-9/h5-8H,1,4,9-12H2,2-3H3;13H,1,3-9H2,2H3;1,3-9H2,2H3;2*9H,1,4-7H2,2-3H3;11H,1,3-7H2,2H3;1,3-6H2,2H3,(H,11,13);1,3-7H2,2H3;2H,1,3-7H2. The van der Waals surface area contributed by atoms with Crippen LogP contribution < -0.4 is 16.0 Å². The summed E-state index contributed by atoms with van der Waals surface area (Å²) in [6.07, 6.45) is 7.53. The highest BCUT2D eigenvalue weighted by Gasteiger charge is 2.16. The molecule has 0 heterocycles. The smallest absolute Gasteiger partial charge is 0.333 e. The molecule has 0 saturated carbocycles. The molecule has 1 amide bonds. The van der Waals surface area contributed by atoms with E-state index in [4.69, 9.17) is 177 Å². The number of rotatable bonds is 77. The second-order valence-electron chi connectivity index (χ2n) is 28.1. The number of carbonyl (C=O) groups excluding carboxylic acids is 10. The van der Waals surface area contributed by atoms with E-state index in [0.717, 1.165) is 74.9 Å². The fraction of sp³-hybridized carbons (Fsp3) is 0.634. The molecule has 0 aromatic heterocycles. The number of nitrogens with one attached hydrogen (secondary N) is 3. The molecular weight excluding hydrogens is 2100 g/mol. The van der Waals surface area contributed by atoms with Gasteiger partial charge in [0.2, 0.25) is 5.91 Å². The summed E-state index contributed by atoms with van der Waals surface area (Å²) in [4.78, 5) is 167. The van der Waals surface area contributed by atoms with Crippen LogP contribution in [-0.4, -0.2) is 306 Å². The van der Waals surface area contributed by atoms with Crippen molar-refractivity contribution >= 4 is 167 Å². The molecule has 0 aliphatic heterocycles. The number of esters is 9. The van der Waals surface area contributed by atoms with Gasteiger partial charge in [-0.05, 0) is 152 Å². The molecule has 2 unspecified atom stereocenters. The van der Waals surface area contributed by atoms with E-state index in [1.165, 1.54) is 12.1 Å². The van der Waals surface area contributed by atoms with Crippen LogP contribution >= 0.6 is 97.1 Å². The Hall–Kier alpha value is -6.64. The predicted octanol–water partition coefficient (Wildman–Crippen LogP) is 15.2. The topological polar surface area (TPSA) is 462 Å². The Morgan fingerprint density at radius 3 is 1.08 bits per heavy atom. The maximum atomic E-state index is 11.9. The Labute approximate surface area is 876 Å². The highest BCUT2D eigenvalue weighted by Crippen LogP contribution is 2.14. The lowest BCUT2D eigenvalue weighted by Crippen LogP contribution is -2.26. The van der Waals surface area contributed by atoms with E-state index >= 15 is 0 Å². The highest BCUT2D eigenvalue weighted by molar-refractivity contribution is 9.09. The van der Waals surface area contributed by atoms with Gasteiger partial charge in [0.05, 0.1) is 110 Å². The highest BCUT2D eigenvalue weighted by atomic mass is 79.9. The predicted molar refractivity (Wildman–Crippen MR) is 542 cm³/mol. The lowest BCUT2D eigenvalue weighted by atomic mass is 10.2. The van der Waals surface area contributed by atoms with Crippen molar-refractivity contribution in [1.29, 1.82) is 0 Å². The molecule has 0 fully saturated rings. The van der Waals surface area contributed by atoms with Crippen LogP contribution in [0.1, 0.15) is 139 Å². The number of halogens is 8. The summed E-state index contributed by atoms with van der Waals surface area (Å²) in [5.41, 5.74) is 4.06. The number of hydrogen-bond donors (Lipinski definition) is 3. The summed E-state index contributed by atoms with van der Waals surface area (Å²) in [6.45, 7) is 58.7. The molecule has 48 heteroatoms. The average Bonchev–Trinajstić information content (AvgIpc) is 0.846. The lowest BCUT2D eigenvalue weighted by molar-refractivity contribution is -0.324. The monoisotopic (exact) mass is 2240 g/mol. The molecule has 0 radical (unpaired) electrons. The van der Waals surface area contributed by atoms with E-state index in [0.29, 0.717) is 185 Å². The fourth-order valence-corrected chi connectivity index (χ4v) is 8.46. The van der Waals surface area contributed by atoms with Crippen molar-refractivity contribution in [1.82, 2.24) is 16.0 Å². The maximum absolute atomic E-state index is 11.9. The normalized spacial score (nSPS) is 10.6. The molecule has 0 bridgehead atoms. The van der Waals surface area contributed by atoms with Crippen molar-refractivity contribution < 1.29 is 171 Å².